The number of anilines is 2. The van der Waals surface area contributed by atoms with Crippen LogP contribution < -0.4 is 10.6 Å². The van der Waals surface area contributed by atoms with Crippen molar-refractivity contribution in [3.8, 4) is 0 Å². The molecule has 126 valence electrons. The summed E-state index contributed by atoms with van der Waals surface area (Å²) < 4.78 is 39.2. The molecule has 0 aromatic heterocycles. The van der Waals surface area contributed by atoms with Gasteiger partial charge in [-0.15, -0.1) is 0 Å². The first kappa shape index (κ1) is 18.0. The van der Waals surface area contributed by atoms with E-state index in [0.29, 0.717) is 16.8 Å². The minimum atomic E-state index is -4.78. The zero-order chi connectivity index (χ0) is 17.9. The maximum Gasteiger partial charge on any atom is 0.418 e. The molecule has 24 heavy (non-hydrogen) atoms. The zero-order valence-corrected chi connectivity index (χ0v) is 13.3. The van der Waals surface area contributed by atoms with E-state index in [0.717, 1.165) is 12.1 Å². The van der Waals surface area contributed by atoms with Crippen LogP contribution in [0.5, 0.6) is 0 Å². The summed E-state index contributed by atoms with van der Waals surface area (Å²) in [5.74, 6) is 0. The predicted octanol–water partition coefficient (Wildman–Crippen LogP) is 5.08. The number of thiocarbonyl (C=S) groups is 1. The minimum Gasteiger partial charge on any atom is -0.332 e. The van der Waals surface area contributed by atoms with E-state index in [1.165, 1.54) is 6.07 Å². The molecule has 10 heteroatoms. The van der Waals surface area contributed by atoms with Crippen LogP contribution in [-0.4, -0.2) is 10.0 Å². The number of rotatable bonds is 3. The van der Waals surface area contributed by atoms with E-state index in [9.17, 15) is 23.3 Å². The largest absolute Gasteiger partial charge is 0.418 e. The van der Waals surface area contributed by atoms with Crippen molar-refractivity contribution in [2.45, 2.75) is 6.18 Å². The molecule has 0 radical (unpaired) electrons. The molecule has 0 bridgehead atoms. The number of nitro benzene ring substituents is 1. The summed E-state index contributed by atoms with van der Waals surface area (Å²) in [6.07, 6.45) is -4.78. The molecule has 0 aliphatic rings. The van der Waals surface area contributed by atoms with E-state index < -0.39 is 28.0 Å². The van der Waals surface area contributed by atoms with Crippen molar-refractivity contribution in [2.24, 2.45) is 0 Å². The average Bonchev–Trinajstić information content (AvgIpc) is 2.46. The standard InChI is InChI=1S/C14H9ClF3N3O2S/c15-8-2-1-3-9(6-8)19-13(24)20-12-5-4-10(21(22)23)7-11(12)14(16,17)18/h1-7H,(H2,19,20,24). The van der Waals surface area contributed by atoms with Crippen molar-refractivity contribution in [2.75, 3.05) is 10.6 Å². The van der Waals surface area contributed by atoms with Gasteiger partial charge in [-0.1, -0.05) is 17.7 Å². The summed E-state index contributed by atoms with van der Waals surface area (Å²) in [6.45, 7) is 0. The third-order valence-corrected chi connectivity index (χ3v) is 3.29. The first-order chi connectivity index (χ1) is 11.2. The summed E-state index contributed by atoms with van der Waals surface area (Å²) in [5.41, 5.74) is -1.77. The monoisotopic (exact) mass is 375 g/mol. The number of nitro groups is 1. The van der Waals surface area contributed by atoms with Gasteiger partial charge in [-0.2, -0.15) is 13.2 Å². The van der Waals surface area contributed by atoms with E-state index in [4.69, 9.17) is 23.8 Å². The Kier molecular flexibility index (Phi) is 5.25. The molecule has 0 saturated heterocycles. The van der Waals surface area contributed by atoms with Crippen LogP contribution >= 0.6 is 23.8 Å². The lowest BCUT2D eigenvalue weighted by atomic mass is 10.1. The summed E-state index contributed by atoms with van der Waals surface area (Å²) >= 11 is 10.8. The highest BCUT2D eigenvalue weighted by atomic mass is 35.5. The molecule has 2 rings (SSSR count). The molecule has 2 N–H and O–H groups in total. The fourth-order valence-electron chi connectivity index (χ4n) is 1.84. The van der Waals surface area contributed by atoms with Crippen molar-refractivity contribution < 1.29 is 18.1 Å². The Bertz CT molecular complexity index is 799. The topological polar surface area (TPSA) is 67.2 Å². The van der Waals surface area contributed by atoms with E-state index in [-0.39, 0.29) is 5.11 Å². The Morgan fingerprint density at radius 2 is 1.88 bits per heavy atom. The van der Waals surface area contributed by atoms with Gasteiger partial charge >= 0.3 is 6.18 Å². The van der Waals surface area contributed by atoms with Crippen molar-refractivity contribution in [1.82, 2.24) is 0 Å². The number of hydrogen-bond donors (Lipinski definition) is 2. The number of nitrogens with one attached hydrogen (secondary N) is 2. The number of non-ortho nitro benzene ring substituents is 1. The molecule has 0 aliphatic heterocycles. The van der Waals surface area contributed by atoms with Crippen molar-refractivity contribution in [1.29, 1.82) is 0 Å². The number of hydrogen-bond acceptors (Lipinski definition) is 3. The number of nitrogens with zero attached hydrogens (tertiary/aromatic N) is 1. The van der Waals surface area contributed by atoms with Gasteiger partial charge in [0, 0.05) is 22.8 Å². The minimum absolute atomic E-state index is 0.114. The Morgan fingerprint density at radius 1 is 1.17 bits per heavy atom. The maximum absolute atomic E-state index is 13.1. The lowest BCUT2D eigenvalue weighted by Crippen LogP contribution is -2.21. The van der Waals surface area contributed by atoms with Crippen LogP contribution in [0.15, 0.2) is 42.5 Å². The Morgan fingerprint density at radius 3 is 2.46 bits per heavy atom. The molecule has 0 heterocycles. The SMILES string of the molecule is O=[N+]([O-])c1ccc(NC(=S)Nc2cccc(Cl)c2)c(C(F)(F)F)c1. The predicted molar refractivity (Wildman–Crippen MR) is 89.4 cm³/mol. The van der Waals surface area contributed by atoms with Gasteiger partial charge in [-0.3, -0.25) is 10.1 Å². The van der Waals surface area contributed by atoms with Crippen molar-refractivity contribution in [3.05, 3.63) is 63.2 Å². The molecule has 5 nitrogen and oxygen atoms in total. The number of benzene rings is 2. The second kappa shape index (κ2) is 7.02. The molecule has 0 atom stereocenters. The molecule has 2 aromatic carbocycles. The molecule has 0 amide bonds. The highest BCUT2D eigenvalue weighted by molar-refractivity contribution is 7.80. The van der Waals surface area contributed by atoms with Crippen LogP contribution in [0.25, 0.3) is 0 Å². The molecular formula is C14H9ClF3N3O2S. The third-order valence-electron chi connectivity index (χ3n) is 2.85. The van der Waals surface area contributed by atoms with Crippen LogP contribution in [-0.2, 0) is 6.18 Å². The second-order valence-electron chi connectivity index (χ2n) is 4.57. The van der Waals surface area contributed by atoms with Crippen molar-refractivity contribution in [3.63, 3.8) is 0 Å². The van der Waals surface area contributed by atoms with Gasteiger partial charge in [0.25, 0.3) is 5.69 Å². The second-order valence-corrected chi connectivity index (χ2v) is 5.42. The first-order valence-electron chi connectivity index (χ1n) is 6.36. The Balaban J connectivity index is 2.25. The van der Waals surface area contributed by atoms with Gasteiger partial charge < -0.3 is 10.6 Å². The smallest absolute Gasteiger partial charge is 0.332 e. The van der Waals surface area contributed by atoms with Crippen molar-refractivity contribution >= 4 is 46.0 Å². The zero-order valence-electron chi connectivity index (χ0n) is 11.7. The van der Waals surface area contributed by atoms with Gasteiger partial charge in [-0.05, 0) is 36.5 Å². The third kappa shape index (κ3) is 4.56. The van der Waals surface area contributed by atoms with Crippen LogP contribution in [0.1, 0.15) is 5.56 Å². The van der Waals surface area contributed by atoms with Gasteiger partial charge in [0.15, 0.2) is 5.11 Å². The maximum atomic E-state index is 13.1. The number of halogens is 4. The van der Waals surface area contributed by atoms with Gasteiger partial charge in [0.05, 0.1) is 16.2 Å². The summed E-state index contributed by atoms with van der Waals surface area (Å²) in [4.78, 5) is 9.75. The van der Waals surface area contributed by atoms with Crippen LogP contribution in [0.4, 0.5) is 30.2 Å². The van der Waals surface area contributed by atoms with Crippen LogP contribution in [0, 0.1) is 10.1 Å². The average molecular weight is 376 g/mol. The van der Waals surface area contributed by atoms with Gasteiger partial charge in [0.1, 0.15) is 0 Å². The van der Waals surface area contributed by atoms with E-state index in [1.807, 2.05) is 0 Å². The normalized spacial score (nSPS) is 11.0. The quantitative estimate of drug-likeness (QED) is 0.445. The van der Waals surface area contributed by atoms with E-state index >= 15 is 0 Å². The molecule has 2 aromatic rings. The van der Waals surface area contributed by atoms with Crippen LogP contribution in [0.2, 0.25) is 5.02 Å². The molecule has 0 spiro atoms. The molecule has 0 fully saturated rings. The molecular weight excluding hydrogens is 367 g/mol. The highest BCUT2D eigenvalue weighted by Crippen LogP contribution is 2.37. The fraction of sp³-hybridized carbons (Fsp3) is 0.0714. The van der Waals surface area contributed by atoms with Crippen LogP contribution in [0.3, 0.4) is 0 Å². The van der Waals surface area contributed by atoms with Gasteiger partial charge in [0.2, 0.25) is 0 Å². The first-order valence-corrected chi connectivity index (χ1v) is 7.14. The summed E-state index contributed by atoms with van der Waals surface area (Å²) in [7, 11) is 0. The molecule has 0 aliphatic carbocycles. The lowest BCUT2D eigenvalue weighted by Gasteiger charge is -2.16. The fourth-order valence-corrected chi connectivity index (χ4v) is 2.26. The Labute approximate surface area is 144 Å². The number of alkyl halides is 3. The highest BCUT2D eigenvalue weighted by Gasteiger charge is 2.35. The molecule has 0 saturated carbocycles. The summed E-state index contributed by atoms with van der Waals surface area (Å²) in [6, 6.07) is 8.79. The van der Waals surface area contributed by atoms with E-state index in [2.05, 4.69) is 10.6 Å². The Hall–Kier alpha value is -2.39. The van der Waals surface area contributed by atoms with E-state index in [1.54, 1.807) is 18.2 Å². The van der Waals surface area contributed by atoms with Gasteiger partial charge in [-0.25, -0.2) is 0 Å². The lowest BCUT2D eigenvalue weighted by molar-refractivity contribution is -0.385. The summed E-state index contributed by atoms with van der Waals surface area (Å²) in [5, 5.41) is 16.0. The molecule has 0 unspecified atom stereocenters.